The van der Waals surface area contributed by atoms with Gasteiger partial charge in [-0.2, -0.15) is 0 Å². The number of imidazole rings is 1. The molecule has 1 saturated heterocycles. The van der Waals surface area contributed by atoms with E-state index in [4.69, 9.17) is 0 Å². The first-order valence-corrected chi connectivity index (χ1v) is 8.24. The van der Waals surface area contributed by atoms with Crippen LogP contribution in [0.2, 0.25) is 0 Å². The van der Waals surface area contributed by atoms with Gasteiger partial charge in [-0.1, -0.05) is 13.8 Å². The molecule has 0 unspecified atom stereocenters. The molecule has 2 aliphatic rings. The van der Waals surface area contributed by atoms with Gasteiger partial charge in [-0.25, -0.2) is 4.98 Å². The molecule has 6 heteroatoms. The maximum absolute atomic E-state index is 12.3. The number of fused-ring (bicyclic) bond motifs is 1. The Balaban J connectivity index is 1.88. The molecular weight excluding hydrogens is 292 g/mol. The molecule has 0 saturated carbocycles. The summed E-state index contributed by atoms with van der Waals surface area (Å²) < 4.78 is 0. The van der Waals surface area contributed by atoms with Crippen LogP contribution in [0.25, 0.3) is 0 Å². The van der Waals surface area contributed by atoms with Crippen LogP contribution in [0.4, 0.5) is 0 Å². The number of carbonyl (C=O) groups is 2. The van der Waals surface area contributed by atoms with E-state index in [0.717, 1.165) is 17.9 Å². The number of hydrogen-bond donors (Lipinski definition) is 2. The summed E-state index contributed by atoms with van der Waals surface area (Å²) in [7, 11) is 0. The van der Waals surface area contributed by atoms with E-state index in [1.165, 1.54) is 0 Å². The lowest BCUT2D eigenvalue weighted by Crippen LogP contribution is -2.42. The first-order valence-electron chi connectivity index (χ1n) is 8.24. The van der Waals surface area contributed by atoms with Gasteiger partial charge in [0.15, 0.2) is 0 Å². The summed E-state index contributed by atoms with van der Waals surface area (Å²) in [6.07, 6.45) is 1.23. The third-order valence-electron chi connectivity index (χ3n) is 4.72. The van der Waals surface area contributed by atoms with E-state index >= 15 is 0 Å². The van der Waals surface area contributed by atoms with Crippen LogP contribution in [0, 0.1) is 5.41 Å². The molecule has 0 aromatic carbocycles. The van der Waals surface area contributed by atoms with Crippen molar-refractivity contribution in [2.75, 3.05) is 13.1 Å². The minimum atomic E-state index is -0.186. The lowest BCUT2D eigenvalue weighted by Gasteiger charge is -2.31. The summed E-state index contributed by atoms with van der Waals surface area (Å²) in [6.45, 7) is 11.7. The Labute approximate surface area is 137 Å². The van der Waals surface area contributed by atoms with Crippen molar-refractivity contribution >= 4 is 11.8 Å². The summed E-state index contributed by atoms with van der Waals surface area (Å²) in [4.78, 5) is 34.3. The highest BCUT2D eigenvalue weighted by Crippen LogP contribution is 2.33. The molecule has 0 spiro atoms. The fraction of sp³-hybridized carbons (Fsp3) is 0.706. The Morgan fingerprint density at radius 3 is 2.57 bits per heavy atom. The predicted molar refractivity (Wildman–Crippen MR) is 87.2 cm³/mol. The zero-order chi connectivity index (χ0) is 17.0. The Morgan fingerprint density at radius 2 is 1.96 bits per heavy atom. The normalized spacial score (nSPS) is 24.4. The fourth-order valence-electron chi connectivity index (χ4n) is 3.42. The van der Waals surface area contributed by atoms with Crippen LogP contribution in [-0.4, -0.2) is 45.3 Å². The van der Waals surface area contributed by atoms with Crippen LogP contribution in [-0.2, 0) is 11.2 Å². The van der Waals surface area contributed by atoms with E-state index in [2.05, 4.69) is 29.1 Å². The monoisotopic (exact) mass is 318 g/mol. The molecule has 1 aromatic rings. The fourth-order valence-corrected chi connectivity index (χ4v) is 3.42. The van der Waals surface area contributed by atoms with Gasteiger partial charge in [0.1, 0.15) is 11.5 Å². The molecule has 2 N–H and O–H groups in total. The molecule has 6 nitrogen and oxygen atoms in total. The average molecular weight is 318 g/mol. The van der Waals surface area contributed by atoms with Crippen LogP contribution in [0.5, 0.6) is 0 Å². The molecule has 2 aliphatic heterocycles. The van der Waals surface area contributed by atoms with Crippen molar-refractivity contribution in [3.8, 4) is 0 Å². The van der Waals surface area contributed by atoms with E-state index in [-0.39, 0.29) is 28.7 Å². The second kappa shape index (κ2) is 5.08. The topological polar surface area (TPSA) is 78.1 Å². The average Bonchev–Trinajstić information content (AvgIpc) is 2.96. The second-order valence-electron chi connectivity index (χ2n) is 8.55. The molecular formula is C17H26N4O2. The number of aromatic nitrogens is 2. The van der Waals surface area contributed by atoms with Gasteiger partial charge in [0, 0.05) is 36.7 Å². The number of rotatable bonds is 1. The van der Waals surface area contributed by atoms with Gasteiger partial charge in [-0.05, 0) is 32.6 Å². The second-order valence-corrected chi connectivity index (χ2v) is 8.55. The molecule has 23 heavy (non-hydrogen) atoms. The van der Waals surface area contributed by atoms with Crippen LogP contribution in [0.3, 0.4) is 0 Å². The minimum Gasteiger partial charge on any atom is -0.350 e. The number of amides is 2. The molecule has 1 atom stereocenters. The molecule has 3 heterocycles. The van der Waals surface area contributed by atoms with Crippen LogP contribution in [0.15, 0.2) is 0 Å². The van der Waals surface area contributed by atoms with Crippen LogP contribution < -0.4 is 5.32 Å². The molecule has 1 fully saturated rings. The predicted octanol–water partition coefficient (Wildman–Crippen LogP) is 1.84. The highest BCUT2D eigenvalue weighted by Gasteiger charge is 2.39. The number of hydrogen-bond acceptors (Lipinski definition) is 3. The lowest BCUT2D eigenvalue weighted by atomic mass is 9.88. The third kappa shape index (κ3) is 2.99. The van der Waals surface area contributed by atoms with Crippen molar-refractivity contribution in [1.29, 1.82) is 0 Å². The number of carbonyl (C=O) groups excluding carboxylic acids is 2. The summed E-state index contributed by atoms with van der Waals surface area (Å²) in [5.41, 5.74) is 1.19. The maximum Gasteiger partial charge on any atom is 0.271 e. The van der Waals surface area contributed by atoms with Gasteiger partial charge < -0.3 is 15.2 Å². The molecule has 2 amide bonds. The first kappa shape index (κ1) is 16.0. The standard InChI is InChI=1S/C17H26N4O2/c1-16(2,3)21-8-10(6-12(21)22)14-19-11-7-17(4,5)9-18-15(23)13(11)20-14/h10H,6-9H2,1-5H3,(H,18,23)(H,19,20)/t10-/m0/s1. The Kier molecular flexibility index (Phi) is 3.54. The quantitative estimate of drug-likeness (QED) is 0.829. The van der Waals surface area contributed by atoms with Crippen molar-refractivity contribution in [1.82, 2.24) is 20.2 Å². The number of nitrogens with one attached hydrogen (secondary N) is 2. The number of H-pyrrole nitrogens is 1. The molecule has 3 rings (SSSR count). The number of nitrogens with zero attached hydrogens (tertiary/aromatic N) is 2. The molecule has 0 aliphatic carbocycles. The minimum absolute atomic E-state index is 0.00630. The third-order valence-corrected chi connectivity index (χ3v) is 4.72. The maximum atomic E-state index is 12.3. The van der Waals surface area contributed by atoms with Crippen molar-refractivity contribution in [2.45, 2.75) is 58.9 Å². The van der Waals surface area contributed by atoms with Crippen molar-refractivity contribution < 1.29 is 9.59 Å². The van der Waals surface area contributed by atoms with Gasteiger partial charge in [0.05, 0.1) is 0 Å². The van der Waals surface area contributed by atoms with E-state index in [1.54, 1.807) is 0 Å². The SMILES string of the molecule is CC1(C)CNC(=O)c2nc([C@H]3CC(=O)N(C(C)(C)C)C3)[nH]c2C1. The Hall–Kier alpha value is -1.85. The molecule has 0 bridgehead atoms. The van der Waals surface area contributed by atoms with Gasteiger partial charge in [0.25, 0.3) is 5.91 Å². The van der Waals surface area contributed by atoms with E-state index < -0.39 is 0 Å². The summed E-state index contributed by atoms with van der Waals surface area (Å²) >= 11 is 0. The highest BCUT2D eigenvalue weighted by molar-refractivity contribution is 5.94. The lowest BCUT2D eigenvalue weighted by molar-refractivity contribution is -0.131. The number of aromatic amines is 1. The van der Waals surface area contributed by atoms with E-state index in [1.807, 2.05) is 25.7 Å². The number of likely N-dealkylation sites (tertiary alicyclic amines) is 1. The molecule has 0 radical (unpaired) electrons. The van der Waals surface area contributed by atoms with Gasteiger partial charge >= 0.3 is 0 Å². The van der Waals surface area contributed by atoms with Gasteiger partial charge in [-0.3, -0.25) is 9.59 Å². The highest BCUT2D eigenvalue weighted by atomic mass is 16.2. The van der Waals surface area contributed by atoms with Gasteiger partial charge in [-0.15, -0.1) is 0 Å². The largest absolute Gasteiger partial charge is 0.350 e. The first-order chi connectivity index (χ1) is 10.6. The smallest absolute Gasteiger partial charge is 0.271 e. The van der Waals surface area contributed by atoms with Crippen molar-refractivity contribution in [3.63, 3.8) is 0 Å². The van der Waals surface area contributed by atoms with E-state index in [9.17, 15) is 9.59 Å². The summed E-state index contributed by atoms with van der Waals surface area (Å²) in [6, 6.07) is 0. The zero-order valence-corrected chi connectivity index (χ0v) is 14.6. The van der Waals surface area contributed by atoms with Crippen molar-refractivity contribution in [3.05, 3.63) is 17.2 Å². The van der Waals surface area contributed by atoms with Crippen LogP contribution >= 0.6 is 0 Å². The Morgan fingerprint density at radius 1 is 1.26 bits per heavy atom. The van der Waals surface area contributed by atoms with Crippen molar-refractivity contribution in [2.24, 2.45) is 5.41 Å². The molecule has 126 valence electrons. The Bertz CT molecular complexity index is 654. The van der Waals surface area contributed by atoms with E-state index in [0.29, 0.717) is 25.2 Å². The van der Waals surface area contributed by atoms with Gasteiger partial charge in [0.2, 0.25) is 5.91 Å². The molecule has 1 aromatic heterocycles. The zero-order valence-electron chi connectivity index (χ0n) is 14.6. The summed E-state index contributed by atoms with van der Waals surface area (Å²) in [5.74, 6) is 0.830. The van der Waals surface area contributed by atoms with Crippen LogP contribution in [0.1, 0.15) is 69.0 Å². The summed E-state index contributed by atoms with van der Waals surface area (Å²) in [5, 5.41) is 2.94.